The first-order valence-corrected chi connectivity index (χ1v) is 5.64. The number of aromatic amines is 1. The van der Waals surface area contributed by atoms with Crippen LogP contribution in [0.25, 0.3) is 11.3 Å². The van der Waals surface area contributed by atoms with Crippen LogP contribution >= 0.6 is 0 Å². The molecule has 0 bridgehead atoms. The van der Waals surface area contributed by atoms with Gasteiger partial charge in [-0.3, -0.25) is 10.1 Å². The lowest BCUT2D eigenvalue weighted by atomic mass is 10.1. The molecule has 0 saturated heterocycles. The van der Waals surface area contributed by atoms with Gasteiger partial charge >= 0.3 is 11.5 Å². The predicted molar refractivity (Wildman–Crippen MR) is 68.5 cm³/mol. The Morgan fingerprint density at radius 3 is 2.65 bits per heavy atom. The minimum atomic E-state index is -0.634. The van der Waals surface area contributed by atoms with Crippen LogP contribution in [0, 0.1) is 20.2 Å². The first-order valence-electron chi connectivity index (χ1n) is 5.64. The summed E-state index contributed by atoms with van der Waals surface area (Å²) < 4.78 is 5.14. The summed E-state index contributed by atoms with van der Waals surface area (Å²) in [5, 5.41) is 21.8. The van der Waals surface area contributed by atoms with E-state index in [1.807, 2.05) is 0 Å². The molecular weight excluding hydrogens is 268 g/mol. The van der Waals surface area contributed by atoms with Gasteiger partial charge in [0.2, 0.25) is 0 Å². The minimum Gasteiger partial charge on any atom is -0.487 e. The number of imidazole rings is 1. The largest absolute Gasteiger partial charge is 0.487 e. The number of rotatable bonds is 5. The Bertz CT molecular complexity index is 667. The number of nitro benzene ring substituents is 1. The van der Waals surface area contributed by atoms with Crippen LogP contribution in [0.5, 0.6) is 5.75 Å². The van der Waals surface area contributed by atoms with Crippen LogP contribution < -0.4 is 4.74 Å². The maximum absolute atomic E-state index is 11.0. The van der Waals surface area contributed by atoms with Crippen LogP contribution in [0.2, 0.25) is 0 Å². The van der Waals surface area contributed by atoms with Gasteiger partial charge < -0.3 is 14.9 Å². The molecule has 1 aromatic carbocycles. The Kier molecular flexibility index (Phi) is 3.60. The van der Waals surface area contributed by atoms with Crippen molar-refractivity contribution in [3.63, 3.8) is 0 Å². The molecular formula is C11H10N4O5. The van der Waals surface area contributed by atoms with Gasteiger partial charge in [-0.25, -0.2) is 9.97 Å². The number of hydrogen-bond donors (Lipinski definition) is 1. The number of nitrogens with zero attached hydrogens (tertiary/aromatic N) is 3. The number of benzene rings is 1. The molecule has 0 unspecified atom stereocenters. The molecule has 104 valence electrons. The number of ether oxygens (including phenoxy) is 1. The fourth-order valence-corrected chi connectivity index (χ4v) is 1.72. The van der Waals surface area contributed by atoms with Gasteiger partial charge in [-0.05, 0) is 24.0 Å². The van der Waals surface area contributed by atoms with Gasteiger partial charge in [0, 0.05) is 11.6 Å². The molecule has 0 spiro atoms. The second kappa shape index (κ2) is 5.34. The molecule has 9 nitrogen and oxygen atoms in total. The van der Waals surface area contributed by atoms with Crippen molar-refractivity contribution in [1.29, 1.82) is 0 Å². The summed E-state index contributed by atoms with van der Waals surface area (Å²) in [6.45, 7) is 1.99. The maximum atomic E-state index is 11.0. The Morgan fingerprint density at radius 1 is 1.30 bits per heavy atom. The minimum absolute atomic E-state index is 0.0427. The Hall–Kier alpha value is -2.97. The van der Waals surface area contributed by atoms with Crippen LogP contribution in [-0.2, 0) is 0 Å². The van der Waals surface area contributed by atoms with Crippen molar-refractivity contribution in [2.75, 3.05) is 6.61 Å². The van der Waals surface area contributed by atoms with Gasteiger partial charge in [0.05, 0.1) is 11.5 Å². The van der Waals surface area contributed by atoms with Crippen molar-refractivity contribution in [3.8, 4) is 17.0 Å². The third kappa shape index (κ3) is 2.41. The summed E-state index contributed by atoms with van der Waals surface area (Å²) >= 11 is 0. The molecule has 2 rings (SSSR count). The van der Waals surface area contributed by atoms with E-state index in [-0.39, 0.29) is 35.1 Å². The topological polar surface area (TPSA) is 124 Å². The highest BCUT2D eigenvalue weighted by molar-refractivity contribution is 5.71. The van der Waals surface area contributed by atoms with Gasteiger partial charge in [0.15, 0.2) is 17.8 Å². The van der Waals surface area contributed by atoms with E-state index in [1.165, 1.54) is 18.2 Å². The van der Waals surface area contributed by atoms with Crippen molar-refractivity contribution >= 4 is 11.5 Å². The Balaban J connectivity index is 2.53. The molecule has 0 aliphatic carbocycles. The maximum Gasteiger partial charge on any atom is 0.348 e. The molecule has 2 aromatic rings. The normalized spacial score (nSPS) is 10.2. The molecule has 20 heavy (non-hydrogen) atoms. The second-order valence-corrected chi connectivity index (χ2v) is 3.73. The lowest BCUT2D eigenvalue weighted by Gasteiger charge is -2.05. The monoisotopic (exact) mass is 278 g/mol. The lowest BCUT2D eigenvalue weighted by molar-refractivity contribution is -0.388. The van der Waals surface area contributed by atoms with E-state index >= 15 is 0 Å². The van der Waals surface area contributed by atoms with Crippen molar-refractivity contribution in [1.82, 2.24) is 9.97 Å². The van der Waals surface area contributed by atoms with Gasteiger partial charge in [0.1, 0.15) is 0 Å². The molecule has 0 fully saturated rings. The van der Waals surface area contributed by atoms with Crippen LogP contribution in [0.3, 0.4) is 0 Å². The number of aromatic nitrogens is 2. The Morgan fingerprint density at radius 2 is 2.05 bits per heavy atom. The van der Waals surface area contributed by atoms with E-state index in [4.69, 9.17) is 4.74 Å². The van der Waals surface area contributed by atoms with Crippen LogP contribution in [-0.4, -0.2) is 26.4 Å². The summed E-state index contributed by atoms with van der Waals surface area (Å²) in [7, 11) is 0. The molecule has 9 heteroatoms. The zero-order valence-corrected chi connectivity index (χ0v) is 10.4. The molecule has 1 heterocycles. The first kappa shape index (κ1) is 13.5. The smallest absolute Gasteiger partial charge is 0.348 e. The van der Waals surface area contributed by atoms with Crippen molar-refractivity contribution in [2.45, 2.75) is 6.92 Å². The highest BCUT2D eigenvalue weighted by atomic mass is 16.6. The average Bonchev–Trinajstić information content (AvgIpc) is 2.88. The second-order valence-electron chi connectivity index (χ2n) is 3.73. The summed E-state index contributed by atoms with van der Waals surface area (Å²) in [5.41, 5.74) is 0.0518. The average molecular weight is 278 g/mol. The molecule has 1 aromatic heterocycles. The summed E-state index contributed by atoms with van der Waals surface area (Å²) in [4.78, 5) is 26.8. The molecule has 0 amide bonds. The van der Waals surface area contributed by atoms with Crippen LogP contribution in [0.15, 0.2) is 24.5 Å². The molecule has 0 radical (unpaired) electrons. The predicted octanol–water partition coefficient (Wildman–Crippen LogP) is 2.29. The van der Waals surface area contributed by atoms with Gasteiger partial charge in [-0.1, -0.05) is 0 Å². The molecule has 0 saturated carbocycles. The SMILES string of the molecule is CCOc1ccc(-c2nc[nH]c2[N+](=O)[O-])cc1[N+](=O)[O-]. The van der Waals surface area contributed by atoms with E-state index in [9.17, 15) is 20.2 Å². The fourth-order valence-electron chi connectivity index (χ4n) is 1.72. The fraction of sp³-hybridized carbons (Fsp3) is 0.182. The summed E-state index contributed by atoms with van der Waals surface area (Å²) in [6.07, 6.45) is 1.16. The number of nitro groups is 2. The molecule has 0 aliphatic rings. The van der Waals surface area contributed by atoms with E-state index in [1.54, 1.807) is 6.92 Å². The summed E-state index contributed by atoms with van der Waals surface area (Å²) in [5.74, 6) is -0.206. The van der Waals surface area contributed by atoms with E-state index < -0.39 is 9.85 Å². The standard InChI is InChI=1S/C11H10N4O5/c1-2-20-9-4-3-7(5-8(9)14(16)17)10-11(15(18)19)13-6-12-10/h3-6H,2H2,1H3,(H,12,13). The van der Waals surface area contributed by atoms with Gasteiger partial charge in [-0.15, -0.1) is 0 Å². The van der Waals surface area contributed by atoms with E-state index in [0.29, 0.717) is 0 Å². The lowest BCUT2D eigenvalue weighted by Crippen LogP contribution is -1.98. The van der Waals surface area contributed by atoms with Gasteiger partial charge in [0.25, 0.3) is 0 Å². The quantitative estimate of drug-likeness (QED) is 0.660. The third-order valence-electron chi connectivity index (χ3n) is 2.53. The molecule has 1 N–H and O–H groups in total. The zero-order valence-electron chi connectivity index (χ0n) is 10.4. The number of nitrogens with one attached hydrogen (secondary N) is 1. The van der Waals surface area contributed by atoms with Crippen molar-refractivity contribution in [3.05, 3.63) is 44.8 Å². The summed E-state index contributed by atoms with van der Waals surface area (Å²) in [6, 6.07) is 4.09. The Labute approximate surface area is 112 Å². The van der Waals surface area contributed by atoms with E-state index in [0.717, 1.165) is 6.33 Å². The third-order valence-corrected chi connectivity index (χ3v) is 2.53. The van der Waals surface area contributed by atoms with E-state index in [2.05, 4.69) is 9.97 Å². The highest BCUT2D eigenvalue weighted by Crippen LogP contribution is 2.34. The first-order chi connectivity index (χ1) is 9.54. The number of hydrogen-bond acceptors (Lipinski definition) is 6. The molecule has 0 aliphatic heterocycles. The van der Waals surface area contributed by atoms with Crippen LogP contribution in [0.4, 0.5) is 11.5 Å². The van der Waals surface area contributed by atoms with Gasteiger partial charge in [-0.2, -0.15) is 0 Å². The van der Waals surface area contributed by atoms with Crippen molar-refractivity contribution in [2.24, 2.45) is 0 Å². The highest BCUT2D eigenvalue weighted by Gasteiger charge is 2.22. The molecule has 0 atom stereocenters. The number of H-pyrrole nitrogens is 1. The van der Waals surface area contributed by atoms with Crippen LogP contribution in [0.1, 0.15) is 6.92 Å². The zero-order chi connectivity index (χ0) is 14.7. The van der Waals surface area contributed by atoms with Crippen molar-refractivity contribution < 1.29 is 14.6 Å².